The van der Waals surface area contributed by atoms with Gasteiger partial charge in [0.05, 0.1) is 5.56 Å². The van der Waals surface area contributed by atoms with E-state index in [0.717, 1.165) is 10.9 Å². The fourth-order valence-corrected chi connectivity index (χ4v) is 2.12. The number of pyridine rings is 1. The molecule has 96 valence electrons. The molecule has 0 fully saturated rings. The summed E-state index contributed by atoms with van der Waals surface area (Å²) < 4.78 is 0. The molecule has 20 heavy (non-hydrogen) atoms. The van der Waals surface area contributed by atoms with Gasteiger partial charge < -0.3 is 10.1 Å². The van der Waals surface area contributed by atoms with E-state index in [9.17, 15) is 9.90 Å². The third-order valence-corrected chi connectivity index (χ3v) is 3.04. The number of nitriles is 1. The van der Waals surface area contributed by atoms with Crippen LogP contribution in [0.3, 0.4) is 0 Å². The Hall–Kier alpha value is -3.13. The van der Waals surface area contributed by atoms with Crippen LogP contribution in [-0.4, -0.2) is 21.0 Å². The highest BCUT2D eigenvalue weighted by Gasteiger charge is 2.16. The van der Waals surface area contributed by atoms with Crippen LogP contribution in [0.25, 0.3) is 22.2 Å². The van der Waals surface area contributed by atoms with Gasteiger partial charge in [-0.25, -0.2) is 9.78 Å². The Bertz CT molecular complexity index is 826. The van der Waals surface area contributed by atoms with Crippen molar-refractivity contribution in [3.63, 3.8) is 0 Å². The maximum atomic E-state index is 11.3. The molecule has 0 bridgehead atoms. The first-order valence-electron chi connectivity index (χ1n) is 5.90. The number of nitrogens with zero attached hydrogens (tertiary/aromatic N) is 2. The minimum atomic E-state index is -1.12. The van der Waals surface area contributed by atoms with Crippen molar-refractivity contribution in [1.29, 1.82) is 5.26 Å². The summed E-state index contributed by atoms with van der Waals surface area (Å²) in [5, 5.41) is 19.1. The number of rotatable bonds is 2. The first-order valence-corrected chi connectivity index (χ1v) is 5.90. The van der Waals surface area contributed by atoms with E-state index in [1.165, 1.54) is 12.3 Å². The van der Waals surface area contributed by atoms with Crippen LogP contribution in [0.1, 0.15) is 16.1 Å². The zero-order chi connectivity index (χ0) is 14.1. The first-order chi connectivity index (χ1) is 9.69. The number of nitrogens with one attached hydrogen (secondary N) is 1. The molecule has 2 heterocycles. The van der Waals surface area contributed by atoms with Crippen LogP contribution in [0, 0.1) is 11.3 Å². The zero-order valence-corrected chi connectivity index (χ0v) is 10.3. The second-order valence-corrected chi connectivity index (χ2v) is 4.31. The molecule has 0 saturated heterocycles. The number of benzene rings is 1. The molecule has 0 aliphatic heterocycles. The smallest absolute Gasteiger partial charge is 0.355 e. The number of H-pyrrole nitrogens is 1. The predicted octanol–water partition coefficient (Wildman–Crippen LogP) is 2.80. The van der Waals surface area contributed by atoms with Gasteiger partial charge in [0, 0.05) is 28.4 Å². The van der Waals surface area contributed by atoms with Crippen molar-refractivity contribution in [1.82, 2.24) is 9.97 Å². The van der Waals surface area contributed by atoms with Gasteiger partial charge in [-0.15, -0.1) is 0 Å². The SMILES string of the molecule is N#Cc1cnc(C(=O)O)c(-c2cc3ccccc3[nH]2)c1. The van der Waals surface area contributed by atoms with Crippen LogP contribution in [-0.2, 0) is 0 Å². The van der Waals surface area contributed by atoms with Crippen molar-refractivity contribution in [3.8, 4) is 17.3 Å². The van der Waals surface area contributed by atoms with Gasteiger partial charge in [0.25, 0.3) is 0 Å². The van der Waals surface area contributed by atoms with Gasteiger partial charge in [0.1, 0.15) is 6.07 Å². The Balaban J connectivity index is 2.26. The standard InChI is InChI=1S/C15H9N3O2/c16-7-9-5-11(14(15(19)20)17-8-9)13-6-10-3-1-2-4-12(10)18-13/h1-6,8,18H,(H,19,20). The summed E-state index contributed by atoms with van der Waals surface area (Å²) in [4.78, 5) is 18.2. The molecule has 5 heteroatoms. The van der Waals surface area contributed by atoms with E-state index in [4.69, 9.17) is 5.26 Å². The van der Waals surface area contributed by atoms with Gasteiger partial charge in [0.2, 0.25) is 0 Å². The molecule has 0 spiro atoms. The van der Waals surface area contributed by atoms with Crippen molar-refractivity contribution in [2.45, 2.75) is 0 Å². The number of fused-ring (bicyclic) bond motifs is 1. The van der Waals surface area contributed by atoms with Gasteiger partial charge in [0.15, 0.2) is 5.69 Å². The lowest BCUT2D eigenvalue weighted by Gasteiger charge is -2.03. The summed E-state index contributed by atoms with van der Waals surface area (Å²) >= 11 is 0. The number of carboxylic acids is 1. The second kappa shape index (κ2) is 4.52. The number of para-hydroxylation sites is 1. The highest BCUT2D eigenvalue weighted by molar-refractivity contribution is 5.96. The molecule has 0 amide bonds. The third-order valence-electron chi connectivity index (χ3n) is 3.04. The van der Waals surface area contributed by atoms with E-state index >= 15 is 0 Å². The van der Waals surface area contributed by atoms with Crippen molar-refractivity contribution in [2.75, 3.05) is 0 Å². The van der Waals surface area contributed by atoms with Crippen LogP contribution in [0.15, 0.2) is 42.6 Å². The van der Waals surface area contributed by atoms with Crippen molar-refractivity contribution < 1.29 is 9.90 Å². The molecule has 0 unspecified atom stereocenters. The van der Waals surface area contributed by atoms with Crippen LogP contribution in [0.5, 0.6) is 0 Å². The summed E-state index contributed by atoms with van der Waals surface area (Å²) in [6.07, 6.45) is 1.26. The zero-order valence-electron chi connectivity index (χ0n) is 10.3. The average molecular weight is 263 g/mol. The summed E-state index contributed by atoms with van der Waals surface area (Å²) in [7, 11) is 0. The Morgan fingerprint density at radius 2 is 2.10 bits per heavy atom. The van der Waals surface area contributed by atoms with Gasteiger partial charge in [-0.3, -0.25) is 0 Å². The van der Waals surface area contributed by atoms with Crippen molar-refractivity contribution in [3.05, 3.63) is 53.9 Å². The molecule has 2 aromatic heterocycles. The summed E-state index contributed by atoms with van der Waals surface area (Å²) in [6.45, 7) is 0. The number of carbonyl (C=O) groups is 1. The van der Waals surface area contributed by atoms with Gasteiger partial charge in [-0.2, -0.15) is 5.26 Å². The summed E-state index contributed by atoms with van der Waals surface area (Å²) in [5.41, 5.74) is 2.20. The van der Waals surface area contributed by atoms with Crippen LogP contribution >= 0.6 is 0 Å². The topological polar surface area (TPSA) is 89.8 Å². The fraction of sp³-hybridized carbons (Fsp3) is 0. The molecule has 0 aliphatic carbocycles. The lowest BCUT2D eigenvalue weighted by molar-refractivity contribution is 0.0691. The number of carboxylic acid groups (broad SMARTS) is 1. The first kappa shape index (κ1) is 11.9. The molecule has 3 aromatic rings. The number of hydrogen-bond acceptors (Lipinski definition) is 3. The predicted molar refractivity (Wildman–Crippen MR) is 73.2 cm³/mol. The van der Waals surface area contributed by atoms with E-state index < -0.39 is 5.97 Å². The Morgan fingerprint density at radius 3 is 2.80 bits per heavy atom. The molecule has 2 N–H and O–H groups in total. The molecule has 5 nitrogen and oxygen atoms in total. The molecular formula is C15H9N3O2. The van der Waals surface area contributed by atoms with Gasteiger partial charge >= 0.3 is 5.97 Å². The molecule has 1 aromatic carbocycles. The van der Waals surface area contributed by atoms with Crippen LogP contribution in [0.2, 0.25) is 0 Å². The lowest BCUT2D eigenvalue weighted by atomic mass is 10.1. The number of aromatic amines is 1. The minimum Gasteiger partial charge on any atom is -0.476 e. The molecule has 3 rings (SSSR count). The second-order valence-electron chi connectivity index (χ2n) is 4.31. The summed E-state index contributed by atoms with van der Waals surface area (Å²) in [6, 6.07) is 13.0. The normalized spacial score (nSPS) is 10.3. The van der Waals surface area contributed by atoms with Crippen molar-refractivity contribution in [2.24, 2.45) is 0 Å². The highest BCUT2D eigenvalue weighted by Crippen LogP contribution is 2.26. The van der Waals surface area contributed by atoms with Crippen molar-refractivity contribution >= 4 is 16.9 Å². The van der Waals surface area contributed by atoms with E-state index in [1.807, 2.05) is 36.4 Å². The molecule has 0 aliphatic rings. The molecule has 0 radical (unpaired) electrons. The van der Waals surface area contributed by atoms with E-state index in [-0.39, 0.29) is 5.69 Å². The van der Waals surface area contributed by atoms with Gasteiger partial charge in [-0.1, -0.05) is 18.2 Å². The molecular weight excluding hydrogens is 254 g/mol. The number of hydrogen-bond donors (Lipinski definition) is 2. The maximum absolute atomic E-state index is 11.3. The summed E-state index contributed by atoms with van der Waals surface area (Å²) in [5.74, 6) is -1.12. The van der Waals surface area contributed by atoms with Crippen LogP contribution in [0.4, 0.5) is 0 Å². The Kier molecular flexibility index (Phi) is 2.70. The quantitative estimate of drug-likeness (QED) is 0.743. The minimum absolute atomic E-state index is 0.0736. The third kappa shape index (κ3) is 1.89. The van der Waals surface area contributed by atoms with E-state index in [2.05, 4.69) is 9.97 Å². The maximum Gasteiger partial charge on any atom is 0.355 e. The number of aromatic carboxylic acids is 1. The molecule has 0 atom stereocenters. The Labute approximate surface area is 114 Å². The monoisotopic (exact) mass is 263 g/mol. The average Bonchev–Trinajstić information content (AvgIpc) is 2.90. The van der Waals surface area contributed by atoms with E-state index in [1.54, 1.807) is 0 Å². The van der Waals surface area contributed by atoms with Crippen LogP contribution < -0.4 is 0 Å². The number of aromatic nitrogens is 2. The lowest BCUT2D eigenvalue weighted by Crippen LogP contribution is -2.03. The fourth-order valence-electron chi connectivity index (χ4n) is 2.12. The Morgan fingerprint density at radius 1 is 1.30 bits per heavy atom. The highest BCUT2D eigenvalue weighted by atomic mass is 16.4. The largest absolute Gasteiger partial charge is 0.476 e. The van der Waals surface area contributed by atoms with Gasteiger partial charge in [-0.05, 0) is 18.2 Å². The molecule has 0 saturated carbocycles. The van der Waals surface area contributed by atoms with E-state index in [0.29, 0.717) is 16.8 Å².